The zero-order valence-corrected chi connectivity index (χ0v) is 12.9. The van der Waals surface area contributed by atoms with Crippen LogP contribution in [0.4, 0.5) is 11.6 Å². The monoisotopic (exact) mass is 287 g/mol. The average molecular weight is 287 g/mol. The second-order valence-electron chi connectivity index (χ2n) is 5.38. The van der Waals surface area contributed by atoms with Gasteiger partial charge in [-0.1, -0.05) is 25.0 Å². The van der Waals surface area contributed by atoms with Crippen LogP contribution in [0.5, 0.6) is 0 Å². The molecule has 0 spiro atoms. The van der Waals surface area contributed by atoms with E-state index in [1.807, 2.05) is 0 Å². The van der Waals surface area contributed by atoms with Crippen LogP contribution in [0.1, 0.15) is 37.4 Å². The van der Waals surface area contributed by atoms with Gasteiger partial charge in [-0.25, -0.2) is 4.98 Å². The molecule has 3 rings (SSSR count). The van der Waals surface area contributed by atoms with E-state index in [1.165, 1.54) is 30.6 Å². The predicted octanol–water partition coefficient (Wildman–Crippen LogP) is 4.77. The summed E-state index contributed by atoms with van der Waals surface area (Å²) >= 11 is 1.76. The van der Waals surface area contributed by atoms with Gasteiger partial charge in [-0.2, -0.15) is 0 Å². The quantitative estimate of drug-likeness (QED) is 0.821. The molecule has 1 aromatic carbocycles. The lowest BCUT2D eigenvalue weighted by atomic mass is 10.2. The highest BCUT2D eigenvalue weighted by Gasteiger charge is 2.20. The highest BCUT2D eigenvalue weighted by atomic mass is 32.2. The number of hydrogen-bond donors (Lipinski definition) is 1. The molecule has 1 fully saturated rings. The van der Waals surface area contributed by atoms with E-state index < -0.39 is 0 Å². The van der Waals surface area contributed by atoms with Crippen LogP contribution in [-0.2, 0) is 0 Å². The lowest BCUT2D eigenvalue weighted by Gasteiger charge is -2.16. The number of para-hydroxylation sites is 1. The summed E-state index contributed by atoms with van der Waals surface area (Å²) in [6.07, 6.45) is 9.50. The molecule has 0 atom stereocenters. The number of thioether (sulfide) groups is 1. The summed E-state index contributed by atoms with van der Waals surface area (Å²) in [4.78, 5) is 5.92. The maximum atomic E-state index is 4.67. The predicted molar refractivity (Wildman–Crippen MR) is 86.0 cm³/mol. The number of aromatic nitrogens is 2. The summed E-state index contributed by atoms with van der Waals surface area (Å²) in [5.74, 6) is 0.982. The fraction of sp³-hybridized carbons (Fsp3) is 0.438. The summed E-state index contributed by atoms with van der Waals surface area (Å²) in [7, 11) is 0. The van der Waals surface area contributed by atoms with Crippen LogP contribution in [-0.4, -0.2) is 15.8 Å². The third-order valence-corrected chi connectivity index (χ3v) is 4.72. The summed E-state index contributed by atoms with van der Waals surface area (Å²) in [6, 6.07) is 9.02. The number of rotatable bonds is 4. The van der Waals surface area contributed by atoms with Crippen molar-refractivity contribution in [2.24, 2.45) is 0 Å². The fourth-order valence-corrected chi connectivity index (χ4v) is 3.49. The van der Waals surface area contributed by atoms with Gasteiger partial charge in [0.2, 0.25) is 5.95 Å². The third kappa shape index (κ3) is 2.70. The van der Waals surface area contributed by atoms with Crippen molar-refractivity contribution in [3.8, 4) is 0 Å². The molecule has 0 amide bonds. The minimum absolute atomic E-state index is 0.611. The van der Waals surface area contributed by atoms with Crippen molar-refractivity contribution in [3.05, 3.63) is 36.2 Å². The van der Waals surface area contributed by atoms with Crippen LogP contribution in [0, 0.1) is 6.92 Å². The van der Waals surface area contributed by atoms with Gasteiger partial charge < -0.3 is 9.88 Å². The molecule has 0 unspecified atom stereocenters. The molecule has 4 heteroatoms. The Hall–Kier alpha value is -1.42. The molecule has 1 heterocycles. The van der Waals surface area contributed by atoms with Gasteiger partial charge in [-0.15, -0.1) is 11.8 Å². The molecule has 0 aliphatic heterocycles. The molecule has 1 saturated carbocycles. The summed E-state index contributed by atoms with van der Waals surface area (Å²) in [5.41, 5.74) is 2.23. The first-order valence-electron chi connectivity index (χ1n) is 7.23. The van der Waals surface area contributed by atoms with E-state index in [0.717, 1.165) is 17.3 Å². The van der Waals surface area contributed by atoms with E-state index in [9.17, 15) is 0 Å². The van der Waals surface area contributed by atoms with Crippen LogP contribution in [0.2, 0.25) is 0 Å². The summed E-state index contributed by atoms with van der Waals surface area (Å²) in [6.45, 7) is 2.07. The van der Waals surface area contributed by atoms with E-state index in [4.69, 9.17) is 0 Å². The van der Waals surface area contributed by atoms with Gasteiger partial charge in [0.15, 0.2) is 0 Å². The van der Waals surface area contributed by atoms with E-state index in [1.54, 1.807) is 11.8 Å². The lowest BCUT2D eigenvalue weighted by molar-refractivity contribution is 0.524. The van der Waals surface area contributed by atoms with Gasteiger partial charge in [0.25, 0.3) is 0 Å². The van der Waals surface area contributed by atoms with Gasteiger partial charge in [-0.05, 0) is 38.2 Å². The maximum absolute atomic E-state index is 4.67. The average Bonchev–Trinajstić information content (AvgIpc) is 3.09. The molecule has 3 nitrogen and oxygen atoms in total. The highest BCUT2D eigenvalue weighted by Crippen LogP contribution is 2.34. The highest BCUT2D eigenvalue weighted by molar-refractivity contribution is 7.98. The lowest BCUT2D eigenvalue weighted by Crippen LogP contribution is -2.08. The molecule has 1 aliphatic rings. The zero-order valence-electron chi connectivity index (χ0n) is 12.1. The Morgan fingerprint density at radius 2 is 2.00 bits per heavy atom. The van der Waals surface area contributed by atoms with Crippen molar-refractivity contribution in [3.63, 3.8) is 0 Å². The van der Waals surface area contributed by atoms with Crippen LogP contribution in [0.15, 0.2) is 35.4 Å². The summed E-state index contributed by atoms with van der Waals surface area (Å²) in [5, 5.41) is 3.52. The van der Waals surface area contributed by atoms with Crippen LogP contribution in [0.3, 0.4) is 0 Å². The van der Waals surface area contributed by atoms with Crippen molar-refractivity contribution in [1.29, 1.82) is 0 Å². The number of anilines is 2. The number of aryl methyl sites for hydroxylation is 1. The first kappa shape index (κ1) is 13.6. The van der Waals surface area contributed by atoms with E-state index in [-0.39, 0.29) is 0 Å². The molecule has 0 radical (unpaired) electrons. The maximum Gasteiger partial charge on any atom is 0.207 e. The Morgan fingerprint density at radius 3 is 2.75 bits per heavy atom. The minimum atomic E-state index is 0.611. The van der Waals surface area contributed by atoms with Crippen molar-refractivity contribution >= 4 is 23.4 Å². The first-order chi connectivity index (χ1) is 9.78. The topological polar surface area (TPSA) is 29.9 Å². The Labute approximate surface area is 124 Å². The minimum Gasteiger partial charge on any atom is -0.325 e. The van der Waals surface area contributed by atoms with Crippen LogP contribution in [0.25, 0.3) is 0 Å². The van der Waals surface area contributed by atoms with Crippen molar-refractivity contribution < 1.29 is 0 Å². The molecule has 0 bridgehead atoms. The SMILES string of the molecule is CSc1ccccc1Nc1nc(C)cn1C1CCCC1. The third-order valence-electron chi connectivity index (χ3n) is 3.92. The van der Waals surface area contributed by atoms with Crippen molar-refractivity contribution in [1.82, 2.24) is 9.55 Å². The standard InChI is InChI=1S/C16H21N3S/c1-12-11-19(13-7-3-4-8-13)16(17-12)18-14-9-5-6-10-15(14)20-2/h5-6,9-11,13H,3-4,7-8H2,1-2H3,(H,17,18). The first-order valence-corrected chi connectivity index (χ1v) is 8.46. The Balaban J connectivity index is 1.90. The molecule has 1 aliphatic carbocycles. The molecular weight excluding hydrogens is 266 g/mol. The van der Waals surface area contributed by atoms with Gasteiger partial charge in [0.05, 0.1) is 11.4 Å². The van der Waals surface area contributed by atoms with Gasteiger partial charge in [0, 0.05) is 17.1 Å². The van der Waals surface area contributed by atoms with Gasteiger partial charge in [0.1, 0.15) is 0 Å². The molecule has 1 N–H and O–H groups in total. The van der Waals surface area contributed by atoms with Crippen molar-refractivity contribution in [2.45, 2.75) is 43.5 Å². The molecule has 1 aromatic heterocycles. The van der Waals surface area contributed by atoms with Gasteiger partial charge in [-0.3, -0.25) is 0 Å². The van der Waals surface area contributed by atoms with E-state index in [0.29, 0.717) is 6.04 Å². The van der Waals surface area contributed by atoms with E-state index in [2.05, 4.69) is 58.5 Å². The van der Waals surface area contributed by atoms with Crippen LogP contribution >= 0.6 is 11.8 Å². The smallest absolute Gasteiger partial charge is 0.207 e. The number of benzene rings is 1. The van der Waals surface area contributed by atoms with Gasteiger partial charge >= 0.3 is 0 Å². The largest absolute Gasteiger partial charge is 0.325 e. The number of hydrogen-bond acceptors (Lipinski definition) is 3. The van der Waals surface area contributed by atoms with E-state index >= 15 is 0 Å². The Kier molecular flexibility index (Phi) is 4.01. The number of nitrogens with zero attached hydrogens (tertiary/aromatic N) is 2. The number of nitrogens with one attached hydrogen (secondary N) is 1. The second kappa shape index (κ2) is 5.92. The fourth-order valence-electron chi connectivity index (χ4n) is 2.94. The molecule has 0 saturated heterocycles. The molecule has 2 aromatic rings. The molecule has 106 valence electrons. The normalized spacial score (nSPS) is 15.7. The number of imidazole rings is 1. The zero-order chi connectivity index (χ0) is 13.9. The summed E-state index contributed by atoms with van der Waals surface area (Å²) < 4.78 is 2.33. The Morgan fingerprint density at radius 1 is 1.25 bits per heavy atom. The second-order valence-corrected chi connectivity index (χ2v) is 6.22. The molecule has 20 heavy (non-hydrogen) atoms. The van der Waals surface area contributed by atoms with Crippen LogP contribution < -0.4 is 5.32 Å². The van der Waals surface area contributed by atoms with Crippen molar-refractivity contribution in [2.75, 3.05) is 11.6 Å². The molecular formula is C16H21N3S. The Bertz CT molecular complexity index is 585.